The van der Waals surface area contributed by atoms with E-state index in [1.54, 1.807) is 6.07 Å². The van der Waals surface area contributed by atoms with Crippen LogP contribution in [0, 0.1) is 0 Å². The summed E-state index contributed by atoms with van der Waals surface area (Å²) < 4.78 is 22.9. The molecule has 0 aromatic heterocycles. The van der Waals surface area contributed by atoms with Gasteiger partial charge in [0.25, 0.3) is 0 Å². The molecule has 22 heavy (non-hydrogen) atoms. The monoisotopic (exact) mass is 364 g/mol. The van der Waals surface area contributed by atoms with Crippen molar-refractivity contribution < 1.29 is 13.2 Å². The molecule has 0 bridgehead atoms. The largest absolute Gasteiger partial charge is 0.350 e. The minimum absolute atomic E-state index is 0.0620. The fourth-order valence-electron chi connectivity index (χ4n) is 2.38. The highest BCUT2D eigenvalue weighted by molar-refractivity contribution is 7.91. The molecule has 0 spiro atoms. The van der Waals surface area contributed by atoms with Crippen LogP contribution in [0.1, 0.15) is 18.5 Å². The van der Waals surface area contributed by atoms with Gasteiger partial charge in [0.1, 0.15) is 0 Å². The van der Waals surface area contributed by atoms with Crippen molar-refractivity contribution >= 4 is 38.9 Å². The van der Waals surface area contributed by atoms with Crippen LogP contribution in [0.2, 0.25) is 5.02 Å². The van der Waals surface area contributed by atoms with E-state index in [9.17, 15) is 13.2 Å². The third-order valence-corrected chi connectivity index (χ3v) is 6.29. The Hall–Kier alpha value is -0.820. The van der Waals surface area contributed by atoms with E-state index in [0.29, 0.717) is 5.02 Å². The predicted molar refractivity (Wildman–Crippen MR) is 88.1 cm³/mol. The molecule has 2 rings (SSSR count). The van der Waals surface area contributed by atoms with Gasteiger partial charge >= 0.3 is 0 Å². The van der Waals surface area contributed by atoms with E-state index in [1.165, 1.54) is 0 Å². The average molecular weight is 365 g/mol. The van der Waals surface area contributed by atoms with Crippen molar-refractivity contribution in [2.45, 2.75) is 24.4 Å². The minimum Gasteiger partial charge on any atom is -0.350 e. The van der Waals surface area contributed by atoms with Crippen LogP contribution in [0.3, 0.4) is 0 Å². The Labute approximate surface area is 140 Å². The third kappa shape index (κ3) is 4.59. The van der Waals surface area contributed by atoms with Crippen LogP contribution in [0.5, 0.6) is 0 Å². The van der Waals surface area contributed by atoms with Gasteiger partial charge in [-0.05, 0) is 18.6 Å². The number of benzene rings is 1. The van der Waals surface area contributed by atoms with Crippen LogP contribution < -0.4 is 10.6 Å². The summed E-state index contributed by atoms with van der Waals surface area (Å²) in [4.78, 5) is 11.9. The molecule has 1 fully saturated rings. The molecule has 2 N–H and O–H groups in total. The maximum atomic E-state index is 11.9. The van der Waals surface area contributed by atoms with Gasteiger partial charge in [-0.3, -0.25) is 4.79 Å². The molecular formula is C14H18Cl2N2O3S. The van der Waals surface area contributed by atoms with Crippen LogP contribution in [-0.4, -0.2) is 43.8 Å². The molecule has 1 saturated heterocycles. The maximum Gasteiger partial charge on any atom is 0.234 e. The number of rotatable bonds is 5. The number of carbonyl (C=O) groups is 1. The molecule has 1 aromatic carbocycles. The molecule has 1 aliphatic rings. The molecule has 0 radical (unpaired) electrons. The van der Waals surface area contributed by atoms with Gasteiger partial charge in [0, 0.05) is 11.1 Å². The Morgan fingerprint density at radius 3 is 2.64 bits per heavy atom. The number of sulfone groups is 1. The molecule has 5 nitrogen and oxygen atoms in total. The van der Waals surface area contributed by atoms with Crippen LogP contribution in [0.4, 0.5) is 0 Å². The smallest absolute Gasteiger partial charge is 0.234 e. The zero-order valence-electron chi connectivity index (χ0n) is 12.1. The van der Waals surface area contributed by atoms with Gasteiger partial charge in [-0.25, -0.2) is 8.42 Å². The first kappa shape index (κ1) is 17.5. The summed E-state index contributed by atoms with van der Waals surface area (Å²) in [6, 6.07) is 6.76. The lowest BCUT2D eigenvalue weighted by Gasteiger charge is -2.18. The van der Waals surface area contributed by atoms with Crippen molar-refractivity contribution in [3.05, 3.63) is 34.9 Å². The van der Waals surface area contributed by atoms with Gasteiger partial charge in [-0.2, -0.15) is 0 Å². The van der Waals surface area contributed by atoms with Crippen LogP contribution in [0.25, 0.3) is 0 Å². The van der Waals surface area contributed by atoms with Crippen molar-refractivity contribution in [2.75, 3.05) is 18.1 Å². The van der Waals surface area contributed by atoms with E-state index in [4.69, 9.17) is 23.2 Å². The Kier molecular flexibility index (Phi) is 5.71. The van der Waals surface area contributed by atoms with Gasteiger partial charge < -0.3 is 10.6 Å². The molecule has 1 aromatic rings. The molecular weight excluding hydrogens is 347 g/mol. The number of amides is 1. The number of carbonyl (C=O) groups excluding carboxylic acids is 1. The Balaban J connectivity index is 1.85. The van der Waals surface area contributed by atoms with E-state index in [2.05, 4.69) is 10.6 Å². The zero-order valence-corrected chi connectivity index (χ0v) is 14.4. The first-order valence-corrected chi connectivity index (χ1v) is 9.54. The summed E-state index contributed by atoms with van der Waals surface area (Å²) in [7, 11) is -3.15. The number of halogens is 2. The van der Waals surface area contributed by atoms with Gasteiger partial charge in [0.15, 0.2) is 9.84 Å². The Morgan fingerprint density at radius 2 is 2.05 bits per heavy atom. The van der Waals surface area contributed by atoms with Crippen LogP contribution in [-0.2, 0) is 14.6 Å². The lowest BCUT2D eigenvalue weighted by atomic mass is 10.1. The zero-order chi connectivity index (χ0) is 16.3. The molecule has 1 aliphatic heterocycles. The second kappa shape index (κ2) is 7.17. The highest BCUT2D eigenvalue weighted by Crippen LogP contribution is 2.22. The van der Waals surface area contributed by atoms with E-state index in [-0.39, 0.29) is 30.0 Å². The second-order valence-electron chi connectivity index (χ2n) is 5.39. The van der Waals surface area contributed by atoms with E-state index < -0.39 is 21.3 Å². The maximum absolute atomic E-state index is 11.9. The van der Waals surface area contributed by atoms with Gasteiger partial charge in [0.2, 0.25) is 5.91 Å². The molecule has 0 saturated carbocycles. The standard InChI is InChI=1S/C14H18Cl2N2O3S/c1-9(10-4-2-3-5-11(10)15)17-6-14(19)18-13-8-22(20,21)7-12(13)16/h2-5,9,12-13,17H,6-8H2,1H3,(H,18,19)/t9-,12+,13+/m1/s1. The van der Waals surface area contributed by atoms with Crippen LogP contribution in [0.15, 0.2) is 24.3 Å². The van der Waals surface area contributed by atoms with Crippen molar-refractivity contribution in [1.82, 2.24) is 10.6 Å². The van der Waals surface area contributed by atoms with Crippen molar-refractivity contribution in [1.29, 1.82) is 0 Å². The van der Waals surface area contributed by atoms with E-state index in [0.717, 1.165) is 5.56 Å². The quantitative estimate of drug-likeness (QED) is 0.776. The summed E-state index contributed by atoms with van der Waals surface area (Å²) >= 11 is 12.1. The topological polar surface area (TPSA) is 75.3 Å². The number of hydrogen-bond acceptors (Lipinski definition) is 4. The molecule has 122 valence electrons. The third-order valence-electron chi connectivity index (χ3n) is 3.57. The van der Waals surface area contributed by atoms with Crippen molar-refractivity contribution in [3.63, 3.8) is 0 Å². The fraction of sp³-hybridized carbons (Fsp3) is 0.500. The highest BCUT2D eigenvalue weighted by atomic mass is 35.5. The van der Waals surface area contributed by atoms with Crippen molar-refractivity contribution in [3.8, 4) is 0 Å². The number of hydrogen-bond donors (Lipinski definition) is 2. The van der Waals surface area contributed by atoms with Gasteiger partial charge in [0.05, 0.1) is 29.5 Å². The lowest BCUT2D eigenvalue weighted by Crippen LogP contribution is -2.44. The highest BCUT2D eigenvalue weighted by Gasteiger charge is 2.37. The van der Waals surface area contributed by atoms with E-state index in [1.807, 2.05) is 25.1 Å². The predicted octanol–water partition coefficient (Wildman–Crippen LogP) is 1.51. The molecule has 0 aliphatic carbocycles. The Bertz CT molecular complexity index is 651. The summed E-state index contributed by atoms with van der Waals surface area (Å²) in [5.41, 5.74) is 0.899. The molecule has 8 heteroatoms. The first-order chi connectivity index (χ1) is 10.3. The first-order valence-electron chi connectivity index (χ1n) is 6.90. The number of alkyl halides is 1. The lowest BCUT2D eigenvalue weighted by molar-refractivity contribution is -0.120. The van der Waals surface area contributed by atoms with Crippen molar-refractivity contribution in [2.24, 2.45) is 0 Å². The molecule has 3 atom stereocenters. The van der Waals surface area contributed by atoms with E-state index >= 15 is 0 Å². The SMILES string of the molecule is C[C@@H](NCC(=O)N[C@H]1CS(=O)(=O)C[C@@H]1Cl)c1ccccc1Cl. The van der Waals surface area contributed by atoms with Crippen LogP contribution >= 0.6 is 23.2 Å². The number of nitrogens with one attached hydrogen (secondary N) is 2. The normalized spacial score (nSPS) is 24.9. The Morgan fingerprint density at radius 1 is 1.36 bits per heavy atom. The second-order valence-corrected chi connectivity index (χ2v) is 8.51. The molecule has 0 unspecified atom stereocenters. The van der Waals surface area contributed by atoms with Gasteiger partial charge in [-0.1, -0.05) is 29.8 Å². The fourth-order valence-corrected chi connectivity index (χ4v) is 5.23. The summed E-state index contributed by atoms with van der Waals surface area (Å²) in [6.45, 7) is 1.96. The summed E-state index contributed by atoms with van der Waals surface area (Å²) in [5.74, 6) is -0.484. The minimum atomic E-state index is -3.15. The average Bonchev–Trinajstić information content (AvgIpc) is 2.69. The molecule has 1 heterocycles. The summed E-state index contributed by atoms with van der Waals surface area (Å²) in [6.07, 6.45) is 0. The summed E-state index contributed by atoms with van der Waals surface area (Å²) in [5, 5.41) is 5.78. The molecule has 1 amide bonds. The van der Waals surface area contributed by atoms with Gasteiger partial charge in [-0.15, -0.1) is 11.6 Å².